The van der Waals surface area contributed by atoms with Crippen molar-refractivity contribution in [2.75, 3.05) is 39.8 Å². The van der Waals surface area contributed by atoms with Gasteiger partial charge in [-0.1, -0.05) is 24.3 Å². The molecule has 0 aliphatic carbocycles. The molecule has 33 heavy (non-hydrogen) atoms. The number of carbonyl (C=O) groups is 3. The first-order valence-corrected chi connectivity index (χ1v) is 11.8. The Bertz CT molecular complexity index is 772. The molecule has 8 heteroatoms. The second-order valence-corrected chi connectivity index (χ2v) is 9.24. The third-order valence-electron chi connectivity index (χ3n) is 6.47. The number of nitrogens with zero attached hydrogens (tertiary/aromatic N) is 3. The zero-order valence-electron chi connectivity index (χ0n) is 20.2. The van der Waals surface area contributed by atoms with Crippen molar-refractivity contribution in [1.29, 1.82) is 0 Å². The highest BCUT2D eigenvalue weighted by molar-refractivity contribution is 5.76. The molecule has 1 amide bonds. The van der Waals surface area contributed by atoms with Crippen molar-refractivity contribution in [3.05, 3.63) is 35.4 Å². The van der Waals surface area contributed by atoms with E-state index in [1.54, 1.807) is 5.56 Å². The predicted molar refractivity (Wildman–Crippen MR) is 127 cm³/mol. The van der Waals surface area contributed by atoms with Crippen molar-refractivity contribution in [2.24, 2.45) is 5.92 Å². The summed E-state index contributed by atoms with van der Waals surface area (Å²) in [6.45, 7) is 9.08. The standard InChI is InChI=1S/C21H31N3O.2C2H4O2/c1-22-14-17(6-7-21(22)25)15-23-11-9-20(10-12-23)24-13-8-18-4-2-3-5-19(18)16-24;2*1-2(3)4/h2-5,17,20H,6-16H2,1H3;2*1H3,(H,3,4). The third kappa shape index (κ3) is 9.52. The van der Waals surface area contributed by atoms with Gasteiger partial charge in [-0.05, 0) is 55.8 Å². The molecule has 0 saturated carbocycles. The summed E-state index contributed by atoms with van der Waals surface area (Å²) in [6, 6.07) is 9.69. The van der Waals surface area contributed by atoms with Gasteiger partial charge in [-0.3, -0.25) is 19.3 Å². The van der Waals surface area contributed by atoms with Crippen molar-refractivity contribution < 1.29 is 24.6 Å². The summed E-state index contributed by atoms with van der Waals surface area (Å²) < 4.78 is 0. The number of likely N-dealkylation sites (tertiary alicyclic amines) is 2. The summed E-state index contributed by atoms with van der Waals surface area (Å²) in [7, 11) is 1.95. The molecule has 1 aromatic carbocycles. The van der Waals surface area contributed by atoms with Crippen LogP contribution in [0.4, 0.5) is 0 Å². The summed E-state index contributed by atoms with van der Waals surface area (Å²) in [6.07, 6.45) is 5.61. The Labute approximate surface area is 197 Å². The zero-order valence-corrected chi connectivity index (χ0v) is 20.2. The monoisotopic (exact) mass is 461 g/mol. The molecule has 2 N–H and O–H groups in total. The highest BCUT2D eigenvalue weighted by Crippen LogP contribution is 2.26. The Balaban J connectivity index is 0.000000420. The van der Waals surface area contributed by atoms with E-state index in [1.807, 2.05) is 11.9 Å². The number of rotatable bonds is 3. The van der Waals surface area contributed by atoms with Crippen molar-refractivity contribution >= 4 is 17.8 Å². The van der Waals surface area contributed by atoms with Crippen LogP contribution in [0.15, 0.2) is 24.3 Å². The molecule has 3 aliphatic heterocycles. The molecule has 3 aliphatic rings. The first-order chi connectivity index (χ1) is 15.7. The smallest absolute Gasteiger partial charge is 0.300 e. The maximum absolute atomic E-state index is 11.6. The number of aliphatic carboxylic acids is 2. The van der Waals surface area contributed by atoms with Crippen LogP contribution in [0.3, 0.4) is 0 Å². The lowest BCUT2D eigenvalue weighted by Crippen LogP contribution is -2.49. The lowest BCUT2D eigenvalue weighted by molar-refractivity contribution is -0.135. The van der Waals surface area contributed by atoms with E-state index in [0.717, 1.165) is 45.8 Å². The Hall–Kier alpha value is -2.45. The van der Waals surface area contributed by atoms with E-state index in [9.17, 15) is 4.79 Å². The van der Waals surface area contributed by atoms with E-state index < -0.39 is 11.9 Å². The molecular formula is C25H39N3O5. The van der Waals surface area contributed by atoms with Gasteiger partial charge in [0.15, 0.2) is 0 Å². The summed E-state index contributed by atoms with van der Waals surface area (Å²) in [5, 5.41) is 14.8. The Kier molecular flexibility index (Phi) is 10.8. The average Bonchev–Trinajstić information content (AvgIpc) is 2.76. The topological polar surface area (TPSA) is 101 Å². The summed E-state index contributed by atoms with van der Waals surface area (Å²) in [5.74, 6) is -0.679. The molecule has 0 radical (unpaired) electrons. The lowest BCUT2D eigenvalue weighted by Gasteiger charge is -2.42. The first-order valence-electron chi connectivity index (χ1n) is 11.8. The fourth-order valence-electron chi connectivity index (χ4n) is 4.91. The SMILES string of the molecule is CC(=O)O.CC(=O)O.CN1CC(CN2CCC(N3CCc4ccccc4C3)CC2)CCC1=O. The minimum absolute atomic E-state index is 0.320. The van der Waals surface area contributed by atoms with Crippen LogP contribution >= 0.6 is 0 Å². The fourth-order valence-corrected chi connectivity index (χ4v) is 4.91. The number of benzene rings is 1. The number of amides is 1. The molecule has 1 unspecified atom stereocenters. The van der Waals surface area contributed by atoms with Gasteiger partial charge in [-0.2, -0.15) is 0 Å². The van der Waals surface area contributed by atoms with Crippen LogP contribution in [-0.4, -0.2) is 88.6 Å². The minimum Gasteiger partial charge on any atom is -0.481 e. The number of piperidine rings is 2. The fraction of sp³-hybridized carbons (Fsp3) is 0.640. The molecule has 4 rings (SSSR count). The molecular weight excluding hydrogens is 422 g/mol. The van der Waals surface area contributed by atoms with Gasteiger partial charge in [-0.25, -0.2) is 0 Å². The van der Waals surface area contributed by atoms with E-state index in [2.05, 4.69) is 34.1 Å². The normalized spacial score (nSPS) is 21.7. The molecule has 0 aromatic heterocycles. The van der Waals surface area contributed by atoms with Crippen LogP contribution in [0.25, 0.3) is 0 Å². The molecule has 1 atom stereocenters. The minimum atomic E-state index is -0.833. The van der Waals surface area contributed by atoms with E-state index >= 15 is 0 Å². The van der Waals surface area contributed by atoms with Gasteiger partial charge >= 0.3 is 0 Å². The van der Waals surface area contributed by atoms with Crippen molar-refractivity contribution in [1.82, 2.24) is 14.7 Å². The number of carbonyl (C=O) groups excluding carboxylic acids is 1. The predicted octanol–water partition coefficient (Wildman–Crippen LogP) is 2.56. The van der Waals surface area contributed by atoms with Crippen molar-refractivity contribution in [3.8, 4) is 0 Å². The summed E-state index contributed by atoms with van der Waals surface area (Å²) in [4.78, 5) is 36.9. The number of fused-ring (bicyclic) bond motifs is 1. The van der Waals surface area contributed by atoms with E-state index in [0.29, 0.717) is 11.8 Å². The third-order valence-corrected chi connectivity index (χ3v) is 6.47. The summed E-state index contributed by atoms with van der Waals surface area (Å²) in [5.41, 5.74) is 3.08. The van der Waals surface area contributed by atoms with Crippen LogP contribution in [0.1, 0.15) is 50.7 Å². The molecule has 0 bridgehead atoms. The molecule has 3 heterocycles. The zero-order chi connectivity index (χ0) is 24.4. The van der Waals surface area contributed by atoms with E-state index in [-0.39, 0.29) is 0 Å². The van der Waals surface area contributed by atoms with Gasteiger partial charge in [0, 0.05) is 59.5 Å². The maximum Gasteiger partial charge on any atom is 0.300 e. The highest BCUT2D eigenvalue weighted by Gasteiger charge is 2.29. The molecule has 2 saturated heterocycles. The van der Waals surface area contributed by atoms with Crippen LogP contribution in [0.5, 0.6) is 0 Å². The van der Waals surface area contributed by atoms with Crippen molar-refractivity contribution in [2.45, 2.75) is 58.5 Å². The van der Waals surface area contributed by atoms with Crippen LogP contribution in [0, 0.1) is 5.92 Å². The van der Waals surface area contributed by atoms with Crippen LogP contribution in [0.2, 0.25) is 0 Å². The van der Waals surface area contributed by atoms with Gasteiger partial charge in [0.05, 0.1) is 0 Å². The quantitative estimate of drug-likeness (QED) is 0.713. The van der Waals surface area contributed by atoms with Gasteiger partial charge in [0.2, 0.25) is 5.91 Å². The second kappa shape index (κ2) is 13.3. The summed E-state index contributed by atoms with van der Waals surface area (Å²) >= 11 is 0. The van der Waals surface area contributed by atoms with E-state index in [1.165, 1.54) is 51.0 Å². The van der Waals surface area contributed by atoms with E-state index in [4.69, 9.17) is 19.8 Å². The first kappa shape index (κ1) is 26.8. The van der Waals surface area contributed by atoms with Crippen LogP contribution < -0.4 is 0 Å². The van der Waals surface area contributed by atoms with Gasteiger partial charge < -0.3 is 20.0 Å². The number of hydrogen-bond acceptors (Lipinski definition) is 5. The second-order valence-electron chi connectivity index (χ2n) is 9.24. The largest absolute Gasteiger partial charge is 0.481 e. The Morgan fingerprint density at radius 1 is 0.939 bits per heavy atom. The highest BCUT2D eigenvalue weighted by atomic mass is 16.4. The van der Waals surface area contributed by atoms with Crippen LogP contribution in [-0.2, 0) is 27.3 Å². The molecule has 0 spiro atoms. The number of carboxylic acid groups (broad SMARTS) is 2. The average molecular weight is 462 g/mol. The number of carboxylic acids is 2. The molecule has 184 valence electrons. The molecule has 1 aromatic rings. The molecule has 2 fully saturated rings. The number of hydrogen-bond donors (Lipinski definition) is 2. The van der Waals surface area contributed by atoms with Crippen molar-refractivity contribution in [3.63, 3.8) is 0 Å². The van der Waals surface area contributed by atoms with Gasteiger partial charge in [0.1, 0.15) is 0 Å². The maximum atomic E-state index is 11.6. The van der Waals surface area contributed by atoms with Gasteiger partial charge in [-0.15, -0.1) is 0 Å². The Morgan fingerprint density at radius 2 is 1.52 bits per heavy atom. The Morgan fingerprint density at radius 3 is 2.09 bits per heavy atom. The van der Waals surface area contributed by atoms with Gasteiger partial charge in [0.25, 0.3) is 11.9 Å². The lowest BCUT2D eigenvalue weighted by atomic mass is 9.93. The molecule has 8 nitrogen and oxygen atoms in total.